The lowest BCUT2D eigenvalue weighted by Crippen LogP contribution is -2.37. The number of carbonyl (C=O) groups is 4. The highest BCUT2D eigenvalue weighted by atomic mass is 79.9. The third-order valence-corrected chi connectivity index (χ3v) is 8.84. The van der Waals surface area contributed by atoms with Crippen molar-refractivity contribution in [3.63, 3.8) is 0 Å². The van der Waals surface area contributed by atoms with Gasteiger partial charge in [0.15, 0.2) is 6.29 Å². The normalized spacial score (nSPS) is 19.8. The van der Waals surface area contributed by atoms with Crippen LogP contribution in [0.2, 0.25) is 0 Å². The van der Waals surface area contributed by atoms with Gasteiger partial charge in [-0.2, -0.15) is 0 Å². The molecule has 2 aliphatic rings. The summed E-state index contributed by atoms with van der Waals surface area (Å²) in [5.74, 6) is 0.0684. The number of rotatable bonds is 21. The van der Waals surface area contributed by atoms with Gasteiger partial charge in [0.2, 0.25) is 11.8 Å². The van der Waals surface area contributed by atoms with E-state index in [0.29, 0.717) is 45.8 Å². The summed E-state index contributed by atoms with van der Waals surface area (Å²) >= 11 is 3.36. The van der Waals surface area contributed by atoms with E-state index in [4.69, 9.17) is 18.9 Å². The van der Waals surface area contributed by atoms with E-state index in [1.807, 2.05) is 60.3 Å². The number of nitrogens with one attached hydrogen (secondary N) is 1. The Morgan fingerprint density at radius 2 is 1.38 bits per heavy atom. The topological polar surface area (TPSA) is 141 Å². The van der Waals surface area contributed by atoms with Gasteiger partial charge in [-0.1, -0.05) is 69.3 Å². The second-order valence-corrected chi connectivity index (χ2v) is 14.5. The van der Waals surface area contributed by atoms with Crippen LogP contribution in [0.15, 0.2) is 0 Å². The fraction of sp³-hybridized carbons (Fsp3) is 0.889. The molecular weight excluding hydrogens is 684 g/mol. The van der Waals surface area contributed by atoms with Crippen LogP contribution in [0.25, 0.3) is 0 Å². The van der Waals surface area contributed by atoms with E-state index in [0.717, 1.165) is 56.7 Å². The first-order valence-corrected chi connectivity index (χ1v) is 19.1. The van der Waals surface area contributed by atoms with Crippen LogP contribution in [-0.4, -0.2) is 97.0 Å². The maximum Gasteiger partial charge on any atom is 0.305 e. The van der Waals surface area contributed by atoms with Gasteiger partial charge in [0.05, 0.1) is 38.5 Å². The van der Waals surface area contributed by atoms with Crippen molar-refractivity contribution >= 4 is 39.7 Å². The molecule has 0 saturated carbocycles. The minimum atomic E-state index is -0.350. The number of likely N-dealkylation sites (tertiary alicyclic amines) is 1. The number of nitrogens with zero attached hydrogens (tertiary/aromatic N) is 1. The first kappa shape index (κ1) is 46.2. The molecule has 0 radical (unpaired) electrons. The number of unbranched alkanes of at least 4 members (excludes halogenated alkanes) is 6. The molecule has 2 saturated heterocycles. The molecule has 2 amide bonds. The van der Waals surface area contributed by atoms with Gasteiger partial charge in [-0.05, 0) is 66.2 Å². The highest BCUT2D eigenvalue weighted by Crippen LogP contribution is 2.35. The Labute approximate surface area is 299 Å². The highest BCUT2D eigenvalue weighted by molar-refractivity contribution is 9.09. The summed E-state index contributed by atoms with van der Waals surface area (Å²) < 4.78 is 20.4. The van der Waals surface area contributed by atoms with E-state index in [1.165, 1.54) is 12.8 Å². The lowest BCUT2D eigenvalue weighted by atomic mass is 9.90. The molecule has 1 unspecified atom stereocenters. The number of aliphatic hydroxyl groups is 1. The van der Waals surface area contributed by atoms with Crippen LogP contribution < -0.4 is 5.32 Å². The summed E-state index contributed by atoms with van der Waals surface area (Å²) in [7, 11) is 0. The molecule has 2 aliphatic heterocycles. The Hall–Kier alpha value is -1.76. The molecule has 0 aromatic heterocycles. The lowest BCUT2D eigenvalue weighted by Gasteiger charge is -2.23. The van der Waals surface area contributed by atoms with Crippen LogP contribution in [0.3, 0.4) is 0 Å². The van der Waals surface area contributed by atoms with Crippen molar-refractivity contribution in [3.05, 3.63) is 0 Å². The van der Waals surface area contributed by atoms with Crippen molar-refractivity contribution in [1.82, 2.24) is 10.2 Å². The number of amides is 2. The average molecular weight is 752 g/mol. The maximum absolute atomic E-state index is 12.2. The third kappa shape index (κ3) is 20.0. The first-order valence-electron chi connectivity index (χ1n) is 18.0. The predicted molar refractivity (Wildman–Crippen MR) is 192 cm³/mol. The van der Waals surface area contributed by atoms with Crippen molar-refractivity contribution < 1.29 is 43.2 Å². The van der Waals surface area contributed by atoms with Crippen LogP contribution in [0.5, 0.6) is 0 Å². The molecule has 0 aromatic carbocycles. The van der Waals surface area contributed by atoms with Gasteiger partial charge in [-0.15, -0.1) is 0 Å². The molecule has 2 fully saturated rings. The molecule has 12 heteroatoms. The molecular formula is C36H67BrN2O9. The minimum Gasteiger partial charge on any atom is -0.466 e. The fourth-order valence-electron chi connectivity index (χ4n) is 5.65. The summed E-state index contributed by atoms with van der Waals surface area (Å²) in [6.45, 7) is 18.1. The molecule has 0 bridgehead atoms. The number of alkyl halides is 1. The van der Waals surface area contributed by atoms with Crippen molar-refractivity contribution in [1.29, 1.82) is 0 Å². The summed E-state index contributed by atoms with van der Waals surface area (Å²) in [5, 5.41) is 13.4. The Morgan fingerprint density at radius 3 is 1.83 bits per heavy atom. The Morgan fingerprint density at radius 1 is 0.833 bits per heavy atom. The van der Waals surface area contributed by atoms with E-state index in [1.54, 1.807) is 0 Å². The van der Waals surface area contributed by atoms with Crippen molar-refractivity contribution in [2.45, 2.75) is 151 Å². The molecule has 2 heterocycles. The van der Waals surface area contributed by atoms with Crippen LogP contribution in [0.1, 0.15) is 132 Å². The van der Waals surface area contributed by atoms with E-state index in [9.17, 15) is 24.3 Å². The van der Waals surface area contributed by atoms with Gasteiger partial charge in [0.25, 0.3) is 0 Å². The number of hydrogen-bond acceptors (Lipinski definition) is 9. The standard InChI is InChI=1S/C16H29NO4.C11H21NO3.C9H17BrO2/c1-4-21-14(19)9-7-5-6-8-10-17-13(12-18)11-16(2,3)15(17)20;1-5-14-8(2)15-7-9-6-11(3,4)10(13)12-9;1-2-12-9(11)7-5-3-4-6-8-10/h13,18H,4-12H2,1-3H3;8-9H,5-7H2,1-4H3,(H,12,13);2-8H2,1H3/t13-;8?,9-;/m11./s1. The molecule has 0 spiro atoms. The van der Waals surface area contributed by atoms with E-state index in [2.05, 4.69) is 21.2 Å². The number of aliphatic hydroxyl groups excluding tert-OH is 1. The number of carbonyl (C=O) groups excluding carboxylic acids is 4. The van der Waals surface area contributed by atoms with Gasteiger partial charge in [0, 0.05) is 42.2 Å². The molecule has 0 aliphatic carbocycles. The molecule has 0 aromatic rings. The monoisotopic (exact) mass is 750 g/mol. The summed E-state index contributed by atoms with van der Waals surface area (Å²) in [5.41, 5.74) is -0.611. The van der Waals surface area contributed by atoms with E-state index < -0.39 is 0 Å². The number of hydrogen-bond donors (Lipinski definition) is 2. The van der Waals surface area contributed by atoms with Gasteiger partial charge in [-0.3, -0.25) is 19.2 Å². The minimum absolute atomic E-state index is 0.0352. The zero-order valence-corrected chi connectivity index (χ0v) is 32.8. The Bertz CT molecular complexity index is 916. The van der Waals surface area contributed by atoms with Crippen LogP contribution in [0, 0.1) is 10.8 Å². The van der Waals surface area contributed by atoms with Gasteiger partial charge in [0.1, 0.15) is 0 Å². The molecule has 2 rings (SSSR count). The van der Waals surface area contributed by atoms with Crippen molar-refractivity contribution in [3.8, 4) is 0 Å². The Balaban J connectivity index is 0.000000723. The second-order valence-electron chi connectivity index (χ2n) is 13.7. The zero-order valence-electron chi connectivity index (χ0n) is 31.2. The summed E-state index contributed by atoms with van der Waals surface area (Å²) in [6, 6.07) is 0.0856. The van der Waals surface area contributed by atoms with E-state index >= 15 is 0 Å². The van der Waals surface area contributed by atoms with Gasteiger partial charge in [-0.25, -0.2) is 0 Å². The molecule has 282 valence electrons. The van der Waals surface area contributed by atoms with Crippen LogP contribution in [-0.2, 0) is 38.1 Å². The molecule has 2 N–H and O–H groups in total. The number of esters is 2. The Kier molecular flexibility index (Phi) is 25.1. The second kappa shape index (κ2) is 26.1. The molecule has 3 atom stereocenters. The van der Waals surface area contributed by atoms with E-state index in [-0.39, 0.29) is 59.6 Å². The fourth-order valence-corrected chi connectivity index (χ4v) is 6.05. The summed E-state index contributed by atoms with van der Waals surface area (Å²) in [4.78, 5) is 47.6. The smallest absolute Gasteiger partial charge is 0.305 e. The van der Waals surface area contributed by atoms with Crippen LogP contribution in [0.4, 0.5) is 0 Å². The molecule has 11 nitrogen and oxygen atoms in total. The summed E-state index contributed by atoms with van der Waals surface area (Å²) in [6.07, 6.45) is 10.6. The predicted octanol–water partition coefficient (Wildman–Crippen LogP) is 6.31. The number of halogens is 1. The molecule has 48 heavy (non-hydrogen) atoms. The SMILES string of the molecule is CCOC(=O)CCCCCCBr.CCOC(=O)CCCCCCN1C(=O)C(C)(C)C[C@@H]1CO.CCOC(C)OC[C@H]1CC(C)(C)C(=O)N1. The van der Waals surface area contributed by atoms with Crippen LogP contribution >= 0.6 is 15.9 Å². The lowest BCUT2D eigenvalue weighted by molar-refractivity contribution is -0.144. The zero-order chi connectivity index (χ0) is 36.6. The number of ether oxygens (including phenoxy) is 4. The van der Waals surface area contributed by atoms with Crippen molar-refractivity contribution in [2.75, 3.05) is 44.9 Å². The first-order chi connectivity index (χ1) is 22.7. The van der Waals surface area contributed by atoms with Gasteiger partial charge >= 0.3 is 11.9 Å². The largest absolute Gasteiger partial charge is 0.466 e. The third-order valence-electron chi connectivity index (χ3n) is 8.28. The quantitative estimate of drug-likeness (QED) is 0.0598. The van der Waals surface area contributed by atoms with Gasteiger partial charge < -0.3 is 34.3 Å². The average Bonchev–Trinajstić information content (AvgIpc) is 3.42. The maximum atomic E-state index is 12.2. The highest BCUT2D eigenvalue weighted by Gasteiger charge is 2.44. The van der Waals surface area contributed by atoms with Crippen molar-refractivity contribution in [2.24, 2.45) is 10.8 Å².